The van der Waals surface area contributed by atoms with Crippen LogP contribution in [-0.2, 0) is 9.84 Å². The highest BCUT2D eigenvalue weighted by Crippen LogP contribution is 2.21. The molecular weight excluding hydrogens is 340 g/mol. The predicted molar refractivity (Wildman–Crippen MR) is 94.5 cm³/mol. The van der Waals surface area contributed by atoms with Gasteiger partial charge in [0.2, 0.25) is 0 Å². The normalized spacial score (nSPS) is 18.2. The van der Waals surface area contributed by atoms with Gasteiger partial charge in [-0.1, -0.05) is 18.2 Å². The summed E-state index contributed by atoms with van der Waals surface area (Å²) < 4.78 is 23.3. The lowest BCUT2D eigenvalue weighted by atomic mass is 10.0. The number of aromatic nitrogens is 1. The number of carbonyl (C=O) groups excluding carboxylic acids is 1. The Kier molecular flexibility index (Phi) is 4.34. The zero-order valence-corrected chi connectivity index (χ0v) is 14.7. The van der Waals surface area contributed by atoms with E-state index in [4.69, 9.17) is 0 Å². The maximum Gasteiger partial charge on any atom is 0.317 e. The molecule has 0 fully saturated rings. The number of carbonyl (C=O) groups is 1. The molecule has 1 aromatic carbocycles. The lowest BCUT2D eigenvalue weighted by Gasteiger charge is -2.11. The molecule has 0 bridgehead atoms. The summed E-state index contributed by atoms with van der Waals surface area (Å²) in [5.41, 5.74) is 3.80. The number of nitrogens with one attached hydrogen (secondary N) is 1. The van der Waals surface area contributed by atoms with Crippen molar-refractivity contribution in [2.75, 3.05) is 5.75 Å². The molecule has 2 heterocycles. The average molecular weight is 358 g/mol. The van der Waals surface area contributed by atoms with Gasteiger partial charge >= 0.3 is 5.91 Å². The molecule has 1 aliphatic heterocycles. The summed E-state index contributed by atoms with van der Waals surface area (Å²) in [6.07, 6.45) is 2.76. The van der Waals surface area contributed by atoms with Gasteiger partial charge in [0.1, 0.15) is 0 Å². The van der Waals surface area contributed by atoms with Gasteiger partial charge in [-0.15, -0.1) is 0 Å². The molecule has 2 aromatic rings. The monoisotopic (exact) mass is 358 g/mol. The van der Waals surface area contributed by atoms with Gasteiger partial charge in [-0.3, -0.25) is 4.79 Å². The van der Waals surface area contributed by atoms with E-state index in [-0.39, 0.29) is 11.4 Å². The highest BCUT2D eigenvalue weighted by atomic mass is 32.2. The van der Waals surface area contributed by atoms with Crippen LogP contribution in [0.25, 0.3) is 11.1 Å². The molecule has 0 spiro atoms. The number of nitrogens with zero attached hydrogens (tertiary/aromatic N) is 1. The first-order valence-electron chi connectivity index (χ1n) is 7.78. The number of benzene rings is 1. The minimum atomic E-state index is -3.26. The molecule has 1 aromatic heterocycles. The fourth-order valence-corrected chi connectivity index (χ4v) is 3.89. The first-order valence-corrected chi connectivity index (χ1v) is 9.49. The van der Waals surface area contributed by atoms with Crippen LogP contribution in [0, 0.1) is 19.1 Å². The summed E-state index contributed by atoms with van der Waals surface area (Å²) in [6, 6.07) is 8.42. The van der Waals surface area contributed by atoms with Gasteiger partial charge in [-0.05, 0) is 42.7 Å². The molecular formula is C18H18N2O4S. The van der Waals surface area contributed by atoms with Crippen LogP contribution in [0.1, 0.15) is 21.6 Å². The summed E-state index contributed by atoms with van der Waals surface area (Å²) in [5, 5.41) is 15.8. The second-order valence-corrected chi connectivity index (χ2v) is 8.10. The molecule has 0 saturated heterocycles. The maximum absolute atomic E-state index is 12.2. The van der Waals surface area contributed by atoms with Gasteiger partial charge in [0.25, 0.3) is 5.69 Å². The highest BCUT2D eigenvalue weighted by Gasteiger charge is 2.26. The number of hydrogen-bond donors (Lipinski definition) is 1. The van der Waals surface area contributed by atoms with Gasteiger partial charge in [0, 0.05) is 17.0 Å². The van der Waals surface area contributed by atoms with Crippen LogP contribution in [0.2, 0.25) is 0 Å². The summed E-state index contributed by atoms with van der Waals surface area (Å²) >= 11 is 0. The van der Waals surface area contributed by atoms with Crippen LogP contribution < -0.4 is 10.0 Å². The average Bonchev–Trinajstić information content (AvgIpc) is 2.88. The second kappa shape index (κ2) is 6.33. The van der Waals surface area contributed by atoms with Gasteiger partial charge in [0.15, 0.2) is 16.0 Å². The Morgan fingerprint density at radius 3 is 2.48 bits per heavy atom. The highest BCUT2D eigenvalue weighted by molar-refractivity contribution is 7.94. The molecule has 1 aliphatic rings. The van der Waals surface area contributed by atoms with Crippen molar-refractivity contribution in [3.8, 4) is 11.1 Å². The molecule has 0 radical (unpaired) electrons. The van der Waals surface area contributed by atoms with Gasteiger partial charge < -0.3 is 10.5 Å². The largest absolute Gasteiger partial charge is 0.618 e. The SMILES string of the molecule is Cc1ccc(-c2ccc(C(=O)NC3C=CS(=O)(=O)C3)[n+]([O-])c2)cc1C. The van der Waals surface area contributed by atoms with E-state index in [9.17, 15) is 18.4 Å². The van der Waals surface area contributed by atoms with Crippen LogP contribution in [-0.4, -0.2) is 26.1 Å². The van der Waals surface area contributed by atoms with Crippen LogP contribution in [0.5, 0.6) is 0 Å². The molecule has 1 amide bonds. The van der Waals surface area contributed by atoms with Crippen molar-refractivity contribution >= 4 is 15.7 Å². The zero-order chi connectivity index (χ0) is 18.2. The molecule has 0 saturated carbocycles. The smallest absolute Gasteiger partial charge is 0.317 e. The maximum atomic E-state index is 12.2. The van der Waals surface area contributed by atoms with Gasteiger partial charge in [-0.2, -0.15) is 4.73 Å². The quantitative estimate of drug-likeness (QED) is 0.667. The van der Waals surface area contributed by atoms with Crippen molar-refractivity contribution in [2.45, 2.75) is 19.9 Å². The summed E-state index contributed by atoms with van der Waals surface area (Å²) in [6.45, 7) is 4.01. The molecule has 130 valence electrons. The number of pyridine rings is 1. The summed E-state index contributed by atoms with van der Waals surface area (Å²) in [7, 11) is -3.26. The van der Waals surface area contributed by atoms with Crippen LogP contribution in [0.3, 0.4) is 0 Å². The Balaban J connectivity index is 1.81. The van der Waals surface area contributed by atoms with Crippen molar-refractivity contribution in [2.24, 2.45) is 0 Å². The van der Waals surface area contributed by atoms with Crippen molar-refractivity contribution in [1.82, 2.24) is 5.32 Å². The van der Waals surface area contributed by atoms with Crippen LogP contribution >= 0.6 is 0 Å². The fourth-order valence-electron chi connectivity index (χ4n) is 2.66. The van der Waals surface area contributed by atoms with E-state index in [0.717, 1.165) is 22.1 Å². The number of rotatable bonds is 3. The molecule has 7 heteroatoms. The number of sulfone groups is 1. The molecule has 3 rings (SSSR count). The molecule has 0 aliphatic carbocycles. The summed E-state index contributed by atoms with van der Waals surface area (Å²) in [4.78, 5) is 12.2. The molecule has 1 unspecified atom stereocenters. The second-order valence-electron chi connectivity index (χ2n) is 6.17. The van der Waals surface area contributed by atoms with E-state index in [1.807, 2.05) is 32.0 Å². The Labute approximate surface area is 146 Å². The van der Waals surface area contributed by atoms with Crippen molar-refractivity contribution in [1.29, 1.82) is 0 Å². The minimum absolute atomic E-state index is 0.0784. The van der Waals surface area contributed by atoms with Gasteiger partial charge in [-0.25, -0.2) is 8.42 Å². The van der Waals surface area contributed by atoms with Crippen LogP contribution in [0.4, 0.5) is 0 Å². The van der Waals surface area contributed by atoms with Crippen molar-refractivity contribution < 1.29 is 17.9 Å². The van der Waals surface area contributed by atoms with Crippen molar-refractivity contribution in [3.63, 3.8) is 0 Å². The summed E-state index contributed by atoms with van der Waals surface area (Å²) in [5.74, 6) is -0.786. The molecule has 1 atom stereocenters. The number of amides is 1. The Morgan fingerprint density at radius 2 is 1.88 bits per heavy atom. The molecule has 1 N–H and O–H groups in total. The first kappa shape index (κ1) is 17.2. The third-order valence-corrected chi connectivity index (χ3v) is 5.63. The van der Waals surface area contributed by atoms with E-state index in [2.05, 4.69) is 5.32 Å². The standard InChI is InChI=1S/C18H18N2O4S/c1-12-3-4-14(9-13(12)2)15-5-6-17(20(22)10-15)18(21)19-16-7-8-25(23,24)11-16/h3-10,16H,11H2,1-2H3,(H,19,21). The Morgan fingerprint density at radius 1 is 1.16 bits per heavy atom. The minimum Gasteiger partial charge on any atom is -0.618 e. The van der Waals surface area contributed by atoms with E-state index < -0.39 is 21.8 Å². The van der Waals surface area contributed by atoms with E-state index >= 15 is 0 Å². The lowest BCUT2D eigenvalue weighted by molar-refractivity contribution is -0.607. The zero-order valence-electron chi connectivity index (χ0n) is 13.9. The topological polar surface area (TPSA) is 90.2 Å². The Hall–Kier alpha value is -2.67. The first-order chi connectivity index (χ1) is 11.7. The molecule has 25 heavy (non-hydrogen) atoms. The fraction of sp³-hybridized carbons (Fsp3) is 0.222. The Bertz CT molecular complexity index is 981. The number of hydrogen-bond acceptors (Lipinski definition) is 4. The predicted octanol–water partition coefficient (Wildman–Crippen LogP) is 1.64. The van der Waals surface area contributed by atoms with Crippen molar-refractivity contribution in [3.05, 3.63) is 70.0 Å². The lowest BCUT2D eigenvalue weighted by Crippen LogP contribution is -2.43. The van der Waals surface area contributed by atoms with E-state index in [1.165, 1.54) is 18.3 Å². The van der Waals surface area contributed by atoms with Crippen LogP contribution in [0.15, 0.2) is 48.0 Å². The van der Waals surface area contributed by atoms with Gasteiger partial charge in [0.05, 0.1) is 11.8 Å². The van der Waals surface area contributed by atoms with E-state index in [0.29, 0.717) is 10.3 Å². The molecule has 6 nitrogen and oxygen atoms in total. The third kappa shape index (κ3) is 3.71. The third-order valence-electron chi connectivity index (χ3n) is 4.23. The van der Waals surface area contributed by atoms with E-state index in [1.54, 1.807) is 6.07 Å². The number of aryl methyl sites for hydroxylation is 2.